The van der Waals surface area contributed by atoms with Gasteiger partial charge in [0.25, 0.3) is 5.56 Å². The quantitative estimate of drug-likeness (QED) is 0.572. The highest BCUT2D eigenvalue weighted by Crippen LogP contribution is 2.49. The highest BCUT2D eigenvalue weighted by molar-refractivity contribution is 8.00. The number of thioether (sulfide) groups is 1. The van der Waals surface area contributed by atoms with Crippen molar-refractivity contribution in [2.45, 2.75) is 67.8 Å². The molecule has 1 saturated carbocycles. The smallest absolute Gasteiger partial charge is 0.321 e. The summed E-state index contributed by atoms with van der Waals surface area (Å²) in [5.41, 5.74) is 4.04. The lowest BCUT2D eigenvalue weighted by molar-refractivity contribution is -0.142. The second-order valence-electron chi connectivity index (χ2n) is 8.07. The van der Waals surface area contributed by atoms with Crippen LogP contribution in [0.4, 0.5) is 0 Å². The number of nitrogens with zero attached hydrogens (tertiary/aromatic N) is 2. The van der Waals surface area contributed by atoms with Crippen LogP contribution in [0.5, 0.6) is 0 Å². The SMILES string of the molecule is CCOC(=O)[C@@H]1Cn2c(nc3c(c2=O)C2(CCCCC2)Cc2ccccc2-3)S1. The summed E-state index contributed by atoms with van der Waals surface area (Å²) in [7, 11) is 0. The Hall–Kier alpha value is -2.08. The minimum Gasteiger partial charge on any atom is -0.465 e. The molecule has 3 aliphatic rings. The van der Waals surface area contributed by atoms with Gasteiger partial charge in [0.2, 0.25) is 0 Å². The first-order valence-electron chi connectivity index (χ1n) is 10.2. The number of rotatable bonds is 2. The molecule has 1 aromatic carbocycles. The molecule has 2 aromatic rings. The molecular formula is C22H24N2O3S. The largest absolute Gasteiger partial charge is 0.465 e. The van der Waals surface area contributed by atoms with Crippen LogP contribution < -0.4 is 5.56 Å². The first-order chi connectivity index (χ1) is 13.6. The van der Waals surface area contributed by atoms with Crippen molar-refractivity contribution in [3.8, 4) is 11.3 Å². The van der Waals surface area contributed by atoms with E-state index < -0.39 is 0 Å². The van der Waals surface area contributed by atoms with Crippen molar-refractivity contribution >= 4 is 17.7 Å². The van der Waals surface area contributed by atoms with E-state index >= 15 is 0 Å². The van der Waals surface area contributed by atoms with E-state index in [1.165, 1.54) is 23.7 Å². The first-order valence-corrected chi connectivity index (χ1v) is 11.1. The van der Waals surface area contributed by atoms with E-state index in [4.69, 9.17) is 9.72 Å². The van der Waals surface area contributed by atoms with Gasteiger partial charge in [-0.1, -0.05) is 55.3 Å². The first kappa shape index (κ1) is 18.0. The Kier molecular flexibility index (Phi) is 4.34. The van der Waals surface area contributed by atoms with Gasteiger partial charge in [-0.05, 0) is 31.7 Å². The molecule has 1 aliphatic heterocycles. The lowest BCUT2D eigenvalue weighted by atomic mass is 9.62. The number of carbonyl (C=O) groups is 1. The maximum atomic E-state index is 13.7. The number of esters is 1. The molecule has 1 spiro atoms. The maximum absolute atomic E-state index is 13.7. The van der Waals surface area contributed by atoms with Crippen LogP contribution in [0.1, 0.15) is 50.2 Å². The molecule has 0 unspecified atom stereocenters. The van der Waals surface area contributed by atoms with E-state index in [2.05, 4.69) is 18.2 Å². The van der Waals surface area contributed by atoms with Gasteiger partial charge >= 0.3 is 5.97 Å². The molecule has 0 amide bonds. The second kappa shape index (κ2) is 6.76. The van der Waals surface area contributed by atoms with E-state index in [0.29, 0.717) is 18.3 Å². The van der Waals surface area contributed by atoms with Crippen LogP contribution in [0.25, 0.3) is 11.3 Å². The van der Waals surface area contributed by atoms with Gasteiger partial charge in [0.1, 0.15) is 5.25 Å². The molecule has 0 N–H and O–H groups in total. The molecule has 146 valence electrons. The Bertz CT molecular complexity index is 1010. The normalized spacial score (nSPS) is 21.7. The van der Waals surface area contributed by atoms with Crippen LogP contribution in [-0.2, 0) is 27.9 Å². The average Bonchev–Trinajstić information content (AvgIpc) is 3.14. The zero-order valence-electron chi connectivity index (χ0n) is 16.1. The van der Waals surface area contributed by atoms with Gasteiger partial charge in [0, 0.05) is 11.0 Å². The molecule has 1 fully saturated rings. The number of hydrogen-bond donors (Lipinski definition) is 0. The third-order valence-corrected chi connectivity index (χ3v) is 7.57. The van der Waals surface area contributed by atoms with Crippen LogP contribution >= 0.6 is 11.8 Å². The van der Waals surface area contributed by atoms with Crippen molar-refractivity contribution in [2.24, 2.45) is 0 Å². The predicted octanol–water partition coefficient (Wildman–Crippen LogP) is 3.71. The Morgan fingerprint density at radius 2 is 2.07 bits per heavy atom. The van der Waals surface area contributed by atoms with E-state index in [-0.39, 0.29) is 22.2 Å². The lowest BCUT2D eigenvalue weighted by Crippen LogP contribution is -2.43. The van der Waals surface area contributed by atoms with Gasteiger partial charge in [-0.15, -0.1) is 0 Å². The Labute approximate surface area is 168 Å². The molecule has 5 rings (SSSR count). The van der Waals surface area contributed by atoms with Gasteiger partial charge < -0.3 is 4.74 Å². The van der Waals surface area contributed by atoms with Gasteiger partial charge in [0.05, 0.1) is 24.4 Å². The number of fused-ring (bicyclic) bond motifs is 5. The fraction of sp³-hybridized carbons (Fsp3) is 0.500. The van der Waals surface area contributed by atoms with E-state index in [0.717, 1.165) is 48.9 Å². The average molecular weight is 397 g/mol. The third-order valence-electron chi connectivity index (χ3n) is 6.42. The van der Waals surface area contributed by atoms with Crippen LogP contribution in [0.2, 0.25) is 0 Å². The molecular weight excluding hydrogens is 372 g/mol. The topological polar surface area (TPSA) is 61.2 Å². The summed E-state index contributed by atoms with van der Waals surface area (Å²) < 4.78 is 6.90. The van der Waals surface area contributed by atoms with Crippen molar-refractivity contribution < 1.29 is 9.53 Å². The number of aromatic nitrogens is 2. The molecule has 1 atom stereocenters. The van der Waals surface area contributed by atoms with Crippen LogP contribution in [0, 0.1) is 0 Å². The Morgan fingerprint density at radius 3 is 2.86 bits per heavy atom. The van der Waals surface area contributed by atoms with Crippen molar-refractivity contribution in [2.75, 3.05) is 6.61 Å². The van der Waals surface area contributed by atoms with Gasteiger partial charge in [-0.2, -0.15) is 0 Å². The fourth-order valence-electron chi connectivity index (χ4n) is 5.16. The van der Waals surface area contributed by atoms with Crippen molar-refractivity contribution in [3.63, 3.8) is 0 Å². The molecule has 1 aromatic heterocycles. The molecule has 0 bridgehead atoms. The summed E-state index contributed by atoms with van der Waals surface area (Å²) in [4.78, 5) is 30.9. The summed E-state index contributed by atoms with van der Waals surface area (Å²) in [6, 6.07) is 8.35. The lowest BCUT2D eigenvalue weighted by Gasteiger charge is -2.41. The monoisotopic (exact) mass is 396 g/mol. The Balaban J connectivity index is 1.68. The van der Waals surface area contributed by atoms with Crippen molar-refractivity contribution in [1.29, 1.82) is 0 Å². The minimum atomic E-state index is -0.387. The molecule has 5 nitrogen and oxygen atoms in total. The highest BCUT2D eigenvalue weighted by Gasteiger charge is 2.44. The predicted molar refractivity (Wildman–Crippen MR) is 109 cm³/mol. The van der Waals surface area contributed by atoms with Crippen LogP contribution in [0.15, 0.2) is 34.2 Å². The van der Waals surface area contributed by atoms with Crippen LogP contribution in [0.3, 0.4) is 0 Å². The Morgan fingerprint density at radius 1 is 1.29 bits per heavy atom. The number of ether oxygens (including phenoxy) is 1. The summed E-state index contributed by atoms with van der Waals surface area (Å²) in [5.74, 6) is -0.261. The van der Waals surface area contributed by atoms with Crippen molar-refractivity contribution in [3.05, 3.63) is 45.7 Å². The molecule has 0 saturated heterocycles. The molecule has 2 aliphatic carbocycles. The summed E-state index contributed by atoms with van der Waals surface area (Å²) in [6.45, 7) is 2.51. The molecule has 0 radical (unpaired) electrons. The van der Waals surface area contributed by atoms with Crippen LogP contribution in [-0.4, -0.2) is 27.4 Å². The molecule has 6 heteroatoms. The zero-order valence-corrected chi connectivity index (χ0v) is 16.9. The summed E-state index contributed by atoms with van der Waals surface area (Å²) in [5, 5.41) is 0.256. The van der Waals surface area contributed by atoms with E-state index in [1.807, 2.05) is 6.07 Å². The van der Waals surface area contributed by atoms with Gasteiger partial charge in [0.15, 0.2) is 5.16 Å². The molecule has 2 heterocycles. The number of hydrogen-bond acceptors (Lipinski definition) is 5. The number of carbonyl (C=O) groups excluding carboxylic acids is 1. The molecule has 28 heavy (non-hydrogen) atoms. The maximum Gasteiger partial charge on any atom is 0.321 e. The fourth-order valence-corrected chi connectivity index (χ4v) is 6.23. The third kappa shape index (κ3) is 2.65. The van der Waals surface area contributed by atoms with Gasteiger partial charge in [-0.25, -0.2) is 4.98 Å². The summed E-state index contributed by atoms with van der Waals surface area (Å²) >= 11 is 1.36. The van der Waals surface area contributed by atoms with Crippen molar-refractivity contribution in [1.82, 2.24) is 9.55 Å². The zero-order chi connectivity index (χ0) is 19.3. The highest BCUT2D eigenvalue weighted by atomic mass is 32.2. The minimum absolute atomic E-state index is 0.0516. The second-order valence-corrected chi connectivity index (χ2v) is 9.24. The van der Waals surface area contributed by atoms with E-state index in [9.17, 15) is 9.59 Å². The number of benzene rings is 1. The standard InChI is InChI=1S/C22H24N2O3S/c1-2-27-20(26)16-13-24-19(25)17-18(23-21(24)28-16)15-9-5-4-8-14(15)12-22(17)10-6-3-7-11-22/h4-5,8-9,16H,2-3,6-7,10-13H2,1H3/t16-/m0/s1. The summed E-state index contributed by atoms with van der Waals surface area (Å²) in [6.07, 6.45) is 6.55. The van der Waals surface area contributed by atoms with Gasteiger partial charge in [-0.3, -0.25) is 14.2 Å². The van der Waals surface area contributed by atoms with E-state index in [1.54, 1.807) is 11.5 Å².